The standard InChI is InChI=1S/C14H21N5O/c1-8(15-4)7-16-14(20)12-6-11-10(3)18-19(5)13(11)17-9(12)2/h6,8,15H,7H2,1-5H3,(H,16,20). The van der Waals surface area contributed by atoms with Gasteiger partial charge in [-0.1, -0.05) is 0 Å². The van der Waals surface area contributed by atoms with E-state index >= 15 is 0 Å². The lowest BCUT2D eigenvalue weighted by atomic mass is 10.1. The second-order valence-corrected chi connectivity index (χ2v) is 5.10. The molecule has 1 unspecified atom stereocenters. The van der Waals surface area contributed by atoms with E-state index in [2.05, 4.69) is 20.7 Å². The van der Waals surface area contributed by atoms with Gasteiger partial charge >= 0.3 is 0 Å². The van der Waals surface area contributed by atoms with Crippen LogP contribution >= 0.6 is 0 Å². The lowest BCUT2D eigenvalue weighted by Gasteiger charge is -2.12. The number of nitrogens with zero attached hydrogens (tertiary/aromatic N) is 3. The average molecular weight is 275 g/mol. The predicted octanol–water partition coefficient (Wildman–Crippen LogP) is 0.923. The van der Waals surface area contributed by atoms with Crippen molar-refractivity contribution in [2.75, 3.05) is 13.6 Å². The number of hydrogen-bond acceptors (Lipinski definition) is 4. The lowest BCUT2D eigenvalue weighted by molar-refractivity contribution is 0.0949. The highest BCUT2D eigenvalue weighted by atomic mass is 16.1. The fraction of sp³-hybridized carbons (Fsp3) is 0.500. The molecule has 0 fully saturated rings. The first-order valence-corrected chi connectivity index (χ1v) is 6.70. The van der Waals surface area contributed by atoms with Crippen molar-refractivity contribution in [1.29, 1.82) is 0 Å². The summed E-state index contributed by atoms with van der Waals surface area (Å²) < 4.78 is 1.74. The molecule has 2 aromatic heterocycles. The molecule has 2 heterocycles. The number of amides is 1. The first-order valence-electron chi connectivity index (χ1n) is 6.70. The van der Waals surface area contributed by atoms with Crippen LogP contribution in [-0.2, 0) is 7.05 Å². The molecule has 0 aliphatic carbocycles. The van der Waals surface area contributed by atoms with Gasteiger partial charge in [-0.25, -0.2) is 4.98 Å². The fourth-order valence-electron chi connectivity index (χ4n) is 2.10. The average Bonchev–Trinajstić information content (AvgIpc) is 2.69. The van der Waals surface area contributed by atoms with Crippen molar-refractivity contribution in [2.24, 2.45) is 7.05 Å². The van der Waals surface area contributed by atoms with Gasteiger partial charge in [-0.3, -0.25) is 9.48 Å². The Morgan fingerprint density at radius 1 is 1.40 bits per heavy atom. The van der Waals surface area contributed by atoms with Gasteiger partial charge in [0.05, 0.1) is 17.0 Å². The summed E-state index contributed by atoms with van der Waals surface area (Å²) in [6.07, 6.45) is 0. The molecule has 6 nitrogen and oxygen atoms in total. The number of nitrogens with one attached hydrogen (secondary N) is 2. The van der Waals surface area contributed by atoms with Crippen molar-refractivity contribution in [3.8, 4) is 0 Å². The van der Waals surface area contributed by atoms with Crippen LogP contribution in [0.5, 0.6) is 0 Å². The molecule has 2 N–H and O–H groups in total. The van der Waals surface area contributed by atoms with Crippen LogP contribution in [-0.4, -0.2) is 40.3 Å². The van der Waals surface area contributed by atoms with E-state index in [0.717, 1.165) is 22.4 Å². The topological polar surface area (TPSA) is 71.8 Å². The summed E-state index contributed by atoms with van der Waals surface area (Å²) in [5, 5.41) is 11.3. The first-order chi connectivity index (χ1) is 9.43. The van der Waals surface area contributed by atoms with Crippen LogP contribution in [0.2, 0.25) is 0 Å². The summed E-state index contributed by atoms with van der Waals surface area (Å²) in [7, 11) is 3.73. The molecule has 1 atom stereocenters. The van der Waals surface area contributed by atoms with E-state index in [1.807, 2.05) is 40.9 Å². The minimum Gasteiger partial charge on any atom is -0.350 e. The molecule has 6 heteroatoms. The zero-order valence-corrected chi connectivity index (χ0v) is 12.6. The third-order valence-electron chi connectivity index (χ3n) is 3.50. The first kappa shape index (κ1) is 14.5. The predicted molar refractivity (Wildman–Crippen MR) is 78.8 cm³/mol. The SMILES string of the molecule is CNC(C)CNC(=O)c1cc2c(C)nn(C)c2nc1C. The van der Waals surface area contributed by atoms with Gasteiger partial charge in [-0.2, -0.15) is 5.10 Å². The van der Waals surface area contributed by atoms with Crippen LogP contribution in [0.25, 0.3) is 11.0 Å². The van der Waals surface area contributed by atoms with Gasteiger partial charge in [0, 0.05) is 25.0 Å². The molecule has 108 valence electrons. The number of rotatable bonds is 4. The van der Waals surface area contributed by atoms with Gasteiger partial charge in [0.15, 0.2) is 5.65 Å². The Hall–Kier alpha value is -1.95. The van der Waals surface area contributed by atoms with Crippen molar-refractivity contribution in [3.05, 3.63) is 23.0 Å². The fourth-order valence-corrected chi connectivity index (χ4v) is 2.10. The number of likely N-dealkylation sites (N-methyl/N-ethyl adjacent to an activating group) is 1. The monoisotopic (exact) mass is 275 g/mol. The van der Waals surface area contributed by atoms with E-state index in [0.29, 0.717) is 12.1 Å². The van der Waals surface area contributed by atoms with Crippen LogP contribution in [0.1, 0.15) is 28.7 Å². The maximum Gasteiger partial charge on any atom is 0.253 e. The number of carbonyl (C=O) groups is 1. The Labute approximate surface area is 118 Å². The maximum atomic E-state index is 12.2. The zero-order chi connectivity index (χ0) is 14.9. The zero-order valence-electron chi connectivity index (χ0n) is 12.6. The van der Waals surface area contributed by atoms with Crippen molar-refractivity contribution in [1.82, 2.24) is 25.4 Å². The van der Waals surface area contributed by atoms with Gasteiger partial charge < -0.3 is 10.6 Å². The molecule has 0 radical (unpaired) electrons. The van der Waals surface area contributed by atoms with E-state index in [-0.39, 0.29) is 11.9 Å². The van der Waals surface area contributed by atoms with Crippen LogP contribution < -0.4 is 10.6 Å². The van der Waals surface area contributed by atoms with Gasteiger partial charge in [0.1, 0.15) is 0 Å². The Morgan fingerprint density at radius 2 is 2.10 bits per heavy atom. The van der Waals surface area contributed by atoms with E-state index in [9.17, 15) is 4.79 Å². The summed E-state index contributed by atoms with van der Waals surface area (Å²) in [4.78, 5) is 16.7. The summed E-state index contributed by atoms with van der Waals surface area (Å²) in [6.45, 7) is 6.36. The van der Waals surface area contributed by atoms with E-state index in [1.54, 1.807) is 4.68 Å². The highest BCUT2D eigenvalue weighted by Gasteiger charge is 2.15. The Kier molecular flexibility index (Phi) is 4.04. The summed E-state index contributed by atoms with van der Waals surface area (Å²) in [5.74, 6) is -0.0951. The minimum absolute atomic E-state index is 0.0951. The molecule has 0 aliphatic rings. The number of carbonyl (C=O) groups excluding carboxylic acids is 1. The van der Waals surface area contributed by atoms with Gasteiger partial charge in [-0.05, 0) is 33.9 Å². The van der Waals surface area contributed by atoms with Crippen molar-refractivity contribution in [2.45, 2.75) is 26.8 Å². The second kappa shape index (κ2) is 5.58. The van der Waals surface area contributed by atoms with Crippen molar-refractivity contribution in [3.63, 3.8) is 0 Å². The molecular formula is C14H21N5O. The molecule has 20 heavy (non-hydrogen) atoms. The number of fused-ring (bicyclic) bond motifs is 1. The molecular weight excluding hydrogens is 254 g/mol. The summed E-state index contributed by atoms with van der Waals surface area (Å²) in [6, 6.07) is 2.11. The smallest absolute Gasteiger partial charge is 0.253 e. The molecule has 2 aromatic rings. The number of hydrogen-bond donors (Lipinski definition) is 2. The Morgan fingerprint density at radius 3 is 2.75 bits per heavy atom. The number of aromatic nitrogens is 3. The van der Waals surface area contributed by atoms with Gasteiger partial charge in [0.25, 0.3) is 5.91 Å². The highest BCUT2D eigenvalue weighted by molar-refractivity contribution is 5.98. The molecule has 0 aliphatic heterocycles. The number of pyridine rings is 1. The molecule has 2 rings (SSSR count). The quantitative estimate of drug-likeness (QED) is 0.870. The maximum absolute atomic E-state index is 12.2. The van der Waals surface area contributed by atoms with E-state index < -0.39 is 0 Å². The van der Waals surface area contributed by atoms with Crippen LogP contribution in [0.3, 0.4) is 0 Å². The van der Waals surface area contributed by atoms with E-state index in [4.69, 9.17) is 0 Å². The van der Waals surface area contributed by atoms with E-state index in [1.165, 1.54) is 0 Å². The molecule has 0 aromatic carbocycles. The van der Waals surface area contributed by atoms with Crippen molar-refractivity contribution < 1.29 is 4.79 Å². The van der Waals surface area contributed by atoms with Gasteiger partial charge in [0.2, 0.25) is 0 Å². The van der Waals surface area contributed by atoms with Crippen molar-refractivity contribution >= 4 is 16.9 Å². The largest absolute Gasteiger partial charge is 0.350 e. The summed E-state index contributed by atoms with van der Waals surface area (Å²) in [5.41, 5.74) is 3.01. The highest BCUT2D eigenvalue weighted by Crippen LogP contribution is 2.19. The molecule has 0 bridgehead atoms. The molecule has 0 spiro atoms. The molecule has 0 saturated carbocycles. The van der Waals surface area contributed by atoms with Gasteiger partial charge in [-0.15, -0.1) is 0 Å². The minimum atomic E-state index is -0.0951. The summed E-state index contributed by atoms with van der Waals surface area (Å²) >= 11 is 0. The Bertz CT molecular complexity index is 647. The second-order valence-electron chi connectivity index (χ2n) is 5.10. The Balaban J connectivity index is 2.32. The molecule has 1 amide bonds. The van der Waals surface area contributed by atoms with Crippen LogP contribution in [0, 0.1) is 13.8 Å². The van der Waals surface area contributed by atoms with Crippen LogP contribution in [0.15, 0.2) is 6.07 Å². The third kappa shape index (κ3) is 2.65. The normalized spacial score (nSPS) is 12.7. The van der Waals surface area contributed by atoms with Crippen LogP contribution in [0.4, 0.5) is 0 Å². The lowest BCUT2D eigenvalue weighted by Crippen LogP contribution is -2.37. The molecule has 0 saturated heterocycles. The third-order valence-corrected chi connectivity index (χ3v) is 3.50. The number of aryl methyl sites for hydroxylation is 3.